The highest BCUT2D eigenvalue weighted by Crippen LogP contribution is 2.34. The molecular weight excluding hydrogens is 471 g/mol. The van der Waals surface area contributed by atoms with Gasteiger partial charge in [0.1, 0.15) is 11.6 Å². The second kappa shape index (κ2) is 9.47. The molecular formula is C22H16ClFN4O4S. The summed E-state index contributed by atoms with van der Waals surface area (Å²) in [5, 5.41) is 14.2. The Morgan fingerprint density at radius 2 is 2.03 bits per heavy atom. The molecule has 1 N–H and O–H groups in total. The molecule has 4 rings (SSSR count). The lowest BCUT2D eigenvalue weighted by atomic mass is 10.2. The molecule has 0 fully saturated rings. The van der Waals surface area contributed by atoms with Crippen molar-refractivity contribution in [1.29, 1.82) is 0 Å². The van der Waals surface area contributed by atoms with Crippen molar-refractivity contribution >= 4 is 51.7 Å². The first-order chi connectivity index (χ1) is 15.9. The van der Waals surface area contributed by atoms with Crippen LogP contribution in [0.2, 0.25) is 5.02 Å². The lowest BCUT2D eigenvalue weighted by molar-refractivity contribution is -0.384. The summed E-state index contributed by atoms with van der Waals surface area (Å²) in [7, 11) is 1.54. The van der Waals surface area contributed by atoms with Crippen LogP contribution in [0.25, 0.3) is 16.7 Å². The van der Waals surface area contributed by atoms with Crippen molar-refractivity contribution in [3.8, 4) is 11.4 Å². The quantitative estimate of drug-likeness (QED) is 0.211. The number of imidazole rings is 1. The van der Waals surface area contributed by atoms with E-state index in [-0.39, 0.29) is 22.4 Å². The third-order valence-corrected chi connectivity index (χ3v) is 5.91. The summed E-state index contributed by atoms with van der Waals surface area (Å²) in [6.07, 6.45) is 0. The average Bonchev–Trinajstić information content (AvgIpc) is 3.17. The number of para-hydroxylation sites is 2. The van der Waals surface area contributed by atoms with Gasteiger partial charge in [0.15, 0.2) is 5.16 Å². The van der Waals surface area contributed by atoms with Crippen molar-refractivity contribution < 1.29 is 18.8 Å². The van der Waals surface area contributed by atoms with E-state index in [1.165, 1.54) is 37.4 Å². The number of fused-ring (bicyclic) bond motifs is 1. The van der Waals surface area contributed by atoms with Crippen molar-refractivity contribution in [3.63, 3.8) is 0 Å². The number of benzene rings is 3. The first-order valence-corrected chi connectivity index (χ1v) is 10.9. The van der Waals surface area contributed by atoms with Gasteiger partial charge in [-0.05, 0) is 36.4 Å². The standard InChI is InChI=1S/C22H16ClFN4O4S/c1-32-20-5-3-2-4-19(20)27-18-9-7-14(28(30)31)11-17(18)26-22(27)33-12-21(29)25-13-6-8-16(24)15(23)10-13/h2-11H,12H2,1H3,(H,25,29). The zero-order valence-corrected chi connectivity index (χ0v) is 18.7. The number of ether oxygens (including phenoxy) is 1. The summed E-state index contributed by atoms with van der Waals surface area (Å²) in [5.74, 6) is -0.381. The molecule has 1 amide bonds. The molecule has 0 radical (unpaired) electrons. The van der Waals surface area contributed by atoms with E-state index >= 15 is 0 Å². The fourth-order valence-corrected chi connectivity index (χ4v) is 4.21. The van der Waals surface area contributed by atoms with Crippen LogP contribution in [0.4, 0.5) is 15.8 Å². The molecule has 11 heteroatoms. The van der Waals surface area contributed by atoms with Gasteiger partial charge in [-0.25, -0.2) is 9.37 Å². The number of methoxy groups -OCH3 is 1. The summed E-state index contributed by atoms with van der Waals surface area (Å²) in [4.78, 5) is 27.7. The van der Waals surface area contributed by atoms with E-state index in [1.807, 2.05) is 18.2 Å². The van der Waals surface area contributed by atoms with Crippen molar-refractivity contribution in [2.24, 2.45) is 0 Å². The van der Waals surface area contributed by atoms with Crippen molar-refractivity contribution in [2.45, 2.75) is 5.16 Å². The molecule has 0 unspecified atom stereocenters. The number of anilines is 1. The highest BCUT2D eigenvalue weighted by atomic mass is 35.5. The van der Waals surface area contributed by atoms with Gasteiger partial charge >= 0.3 is 0 Å². The number of non-ortho nitro benzene ring substituents is 1. The Bertz CT molecular complexity index is 1380. The maximum Gasteiger partial charge on any atom is 0.271 e. The Labute approximate surface area is 196 Å². The van der Waals surface area contributed by atoms with Gasteiger partial charge in [0, 0.05) is 17.8 Å². The zero-order chi connectivity index (χ0) is 23.5. The fourth-order valence-electron chi connectivity index (χ4n) is 3.21. The molecule has 0 spiro atoms. The van der Waals surface area contributed by atoms with Gasteiger partial charge in [0.05, 0.1) is 39.5 Å². The molecule has 1 heterocycles. The molecule has 168 valence electrons. The van der Waals surface area contributed by atoms with Crippen LogP contribution in [0.15, 0.2) is 65.8 Å². The second-order valence-electron chi connectivity index (χ2n) is 6.80. The third-order valence-electron chi connectivity index (χ3n) is 4.68. The van der Waals surface area contributed by atoms with E-state index in [2.05, 4.69) is 10.3 Å². The van der Waals surface area contributed by atoms with Crippen LogP contribution in [0.5, 0.6) is 5.75 Å². The molecule has 0 saturated heterocycles. The third kappa shape index (κ3) is 4.76. The number of hydrogen-bond acceptors (Lipinski definition) is 6. The number of hydrogen-bond donors (Lipinski definition) is 1. The lowest BCUT2D eigenvalue weighted by Crippen LogP contribution is -2.14. The Hall–Kier alpha value is -3.63. The van der Waals surface area contributed by atoms with Crippen LogP contribution >= 0.6 is 23.4 Å². The zero-order valence-electron chi connectivity index (χ0n) is 17.1. The minimum absolute atomic E-state index is 0.0183. The van der Waals surface area contributed by atoms with Crippen molar-refractivity contribution in [1.82, 2.24) is 9.55 Å². The molecule has 8 nitrogen and oxygen atoms in total. The second-order valence-corrected chi connectivity index (χ2v) is 8.15. The number of nitro benzene ring substituents is 1. The predicted octanol–water partition coefficient (Wildman–Crippen LogP) is 5.47. The molecule has 0 saturated carbocycles. The number of thioether (sulfide) groups is 1. The Balaban J connectivity index is 1.67. The molecule has 0 aliphatic carbocycles. The predicted molar refractivity (Wildman–Crippen MR) is 125 cm³/mol. The van der Waals surface area contributed by atoms with E-state index in [9.17, 15) is 19.3 Å². The van der Waals surface area contributed by atoms with Gasteiger partial charge in [0.2, 0.25) is 5.91 Å². The van der Waals surface area contributed by atoms with Crippen LogP contribution in [0.1, 0.15) is 0 Å². The molecule has 0 atom stereocenters. The van der Waals surface area contributed by atoms with Gasteiger partial charge in [-0.3, -0.25) is 19.5 Å². The van der Waals surface area contributed by atoms with Gasteiger partial charge < -0.3 is 10.1 Å². The van der Waals surface area contributed by atoms with Crippen LogP contribution in [0, 0.1) is 15.9 Å². The summed E-state index contributed by atoms with van der Waals surface area (Å²) in [6, 6.07) is 15.5. The van der Waals surface area contributed by atoms with Crippen LogP contribution in [0.3, 0.4) is 0 Å². The van der Waals surface area contributed by atoms with E-state index in [1.54, 1.807) is 16.7 Å². The van der Waals surface area contributed by atoms with Crippen LogP contribution < -0.4 is 10.1 Å². The van der Waals surface area contributed by atoms with E-state index in [0.717, 1.165) is 11.8 Å². The number of rotatable bonds is 7. The topological polar surface area (TPSA) is 99.3 Å². The fraction of sp³-hybridized carbons (Fsp3) is 0.0909. The summed E-state index contributed by atoms with van der Waals surface area (Å²) >= 11 is 6.91. The van der Waals surface area contributed by atoms with Crippen molar-refractivity contribution in [3.05, 3.63) is 81.6 Å². The van der Waals surface area contributed by atoms with Gasteiger partial charge in [-0.1, -0.05) is 35.5 Å². The largest absolute Gasteiger partial charge is 0.495 e. The Kier molecular flexibility index (Phi) is 6.47. The van der Waals surface area contributed by atoms with E-state index in [4.69, 9.17) is 16.3 Å². The highest BCUT2D eigenvalue weighted by Gasteiger charge is 2.19. The number of nitrogens with zero attached hydrogens (tertiary/aromatic N) is 3. The highest BCUT2D eigenvalue weighted by molar-refractivity contribution is 7.99. The van der Waals surface area contributed by atoms with Crippen LogP contribution in [-0.4, -0.2) is 33.2 Å². The number of nitro groups is 1. The first-order valence-electron chi connectivity index (χ1n) is 9.55. The van der Waals surface area contributed by atoms with Crippen molar-refractivity contribution in [2.75, 3.05) is 18.2 Å². The number of halogens is 2. The molecule has 0 aliphatic heterocycles. The number of carbonyl (C=O) groups is 1. The summed E-state index contributed by atoms with van der Waals surface area (Å²) < 4.78 is 20.6. The van der Waals surface area contributed by atoms with Gasteiger partial charge in [-0.15, -0.1) is 0 Å². The Morgan fingerprint density at radius 3 is 2.76 bits per heavy atom. The number of amides is 1. The minimum atomic E-state index is -0.580. The number of aromatic nitrogens is 2. The SMILES string of the molecule is COc1ccccc1-n1c(SCC(=O)Nc2ccc(F)c(Cl)c2)nc2cc([N+](=O)[O-])ccc21. The normalized spacial score (nSPS) is 10.9. The monoisotopic (exact) mass is 486 g/mol. The Morgan fingerprint density at radius 1 is 1.24 bits per heavy atom. The summed E-state index contributed by atoms with van der Waals surface area (Å²) in [5.41, 5.74) is 1.97. The average molecular weight is 487 g/mol. The molecule has 3 aromatic carbocycles. The molecule has 0 aliphatic rings. The number of carbonyl (C=O) groups excluding carboxylic acids is 1. The number of nitrogens with one attached hydrogen (secondary N) is 1. The first kappa shape index (κ1) is 22.6. The molecule has 4 aromatic rings. The molecule has 1 aromatic heterocycles. The van der Waals surface area contributed by atoms with E-state index in [0.29, 0.717) is 33.3 Å². The van der Waals surface area contributed by atoms with Gasteiger partial charge in [0.25, 0.3) is 5.69 Å². The minimum Gasteiger partial charge on any atom is -0.495 e. The molecule has 33 heavy (non-hydrogen) atoms. The van der Waals surface area contributed by atoms with Crippen LogP contribution in [-0.2, 0) is 4.79 Å². The smallest absolute Gasteiger partial charge is 0.271 e. The maximum absolute atomic E-state index is 13.3. The summed E-state index contributed by atoms with van der Waals surface area (Å²) in [6.45, 7) is 0. The lowest BCUT2D eigenvalue weighted by Gasteiger charge is -2.13. The molecule has 0 bridgehead atoms. The van der Waals surface area contributed by atoms with E-state index < -0.39 is 10.7 Å². The maximum atomic E-state index is 13.3. The van der Waals surface area contributed by atoms with Gasteiger partial charge in [-0.2, -0.15) is 0 Å².